The van der Waals surface area contributed by atoms with Crippen LogP contribution >= 0.6 is 0 Å². The number of carbonyl (C=O) groups excluding carboxylic acids is 1. The van der Waals surface area contributed by atoms with Gasteiger partial charge in [-0.25, -0.2) is 4.98 Å². The summed E-state index contributed by atoms with van der Waals surface area (Å²) in [6.45, 7) is -0.534. The lowest BCUT2D eigenvalue weighted by Gasteiger charge is -2.16. The zero-order valence-corrected chi connectivity index (χ0v) is 9.10. The van der Waals surface area contributed by atoms with Gasteiger partial charge in [0.1, 0.15) is 24.6 Å². The number of nitrogens with zero attached hydrogens (tertiary/aromatic N) is 2. The number of carbonyl (C=O) groups is 1. The van der Waals surface area contributed by atoms with Gasteiger partial charge in [0.2, 0.25) is 5.95 Å². The fraction of sp³-hybridized carbons (Fsp3) is 0.556. The van der Waals surface area contributed by atoms with Gasteiger partial charge < -0.3 is 25.8 Å². The predicted octanol–water partition coefficient (Wildman–Crippen LogP) is -2.27. The van der Waals surface area contributed by atoms with Crippen molar-refractivity contribution in [2.45, 2.75) is 24.5 Å². The van der Waals surface area contributed by atoms with Crippen LogP contribution in [-0.2, 0) is 4.74 Å². The van der Waals surface area contributed by atoms with E-state index in [1.54, 1.807) is 0 Å². The van der Waals surface area contributed by atoms with E-state index in [2.05, 4.69) is 4.98 Å². The fourth-order valence-corrected chi connectivity index (χ4v) is 1.80. The maximum atomic E-state index is 13.7. The average molecular weight is 261 g/mol. The summed E-state index contributed by atoms with van der Waals surface area (Å²) in [4.78, 5) is 14.3. The monoisotopic (exact) mass is 261 g/mol. The van der Waals surface area contributed by atoms with Gasteiger partial charge in [0.05, 0.1) is 6.61 Å². The molecule has 4 atom stereocenters. The number of nitrogens with two attached hydrogens (primary N) is 1. The molecule has 0 aliphatic carbocycles. The number of halogens is 1. The molecule has 2 heterocycles. The number of aliphatic hydroxyl groups is 3. The first kappa shape index (κ1) is 12.9. The molecule has 0 radical (unpaired) electrons. The highest BCUT2D eigenvalue weighted by molar-refractivity contribution is 5.90. The smallest absolute Gasteiger partial charge is 0.272 e. The molecule has 2 rings (SSSR count). The molecule has 1 fully saturated rings. The van der Waals surface area contributed by atoms with Gasteiger partial charge in [0, 0.05) is 0 Å². The van der Waals surface area contributed by atoms with Crippen LogP contribution < -0.4 is 5.73 Å². The number of hydrogen-bond donors (Lipinski definition) is 4. The first-order valence-electron chi connectivity index (χ1n) is 5.12. The van der Waals surface area contributed by atoms with Crippen LogP contribution in [0.15, 0.2) is 6.33 Å². The molecule has 0 bridgehead atoms. The van der Waals surface area contributed by atoms with Gasteiger partial charge in [0.25, 0.3) is 5.91 Å². The maximum Gasteiger partial charge on any atom is 0.272 e. The third kappa shape index (κ3) is 1.86. The molecule has 1 saturated heterocycles. The summed E-state index contributed by atoms with van der Waals surface area (Å²) in [5.74, 6) is -2.13. The summed E-state index contributed by atoms with van der Waals surface area (Å²) in [6.07, 6.45) is -4.21. The topological polar surface area (TPSA) is 131 Å². The molecular weight excluding hydrogens is 249 g/mol. The van der Waals surface area contributed by atoms with Gasteiger partial charge >= 0.3 is 0 Å². The molecular formula is C9H12FN3O5. The Balaban J connectivity index is 2.30. The first-order valence-corrected chi connectivity index (χ1v) is 5.12. The second-order valence-corrected chi connectivity index (χ2v) is 3.88. The number of ether oxygens (including phenoxy) is 1. The minimum Gasteiger partial charge on any atom is -0.394 e. The SMILES string of the molecule is NC(=O)c1ncn(C2OC(CO)C(O)C2O)c1F. The van der Waals surface area contributed by atoms with Crippen LogP contribution in [0, 0.1) is 5.95 Å². The molecule has 0 aromatic carbocycles. The van der Waals surface area contributed by atoms with Crippen molar-refractivity contribution in [2.24, 2.45) is 5.73 Å². The van der Waals surface area contributed by atoms with Crippen molar-refractivity contribution >= 4 is 5.91 Å². The molecule has 0 saturated carbocycles. The van der Waals surface area contributed by atoms with E-state index in [0.717, 1.165) is 10.9 Å². The number of imidazole rings is 1. The van der Waals surface area contributed by atoms with Gasteiger partial charge in [0.15, 0.2) is 11.9 Å². The Kier molecular flexibility index (Phi) is 3.30. The second kappa shape index (κ2) is 4.61. The third-order valence-electron chi connectivity index (χ3n) is 2.76. The number of amides is 1. The second-order valence-electron chi connectivity index (χ2n) is 3.88. The summed E-state index contributed by atoms with van der Waals surface area (Å²) < 4.78 is 19.5. The Hall–Kier alpha value is -1.55. The summed E-state index contributed by atoms with van der Waals surface area (Å²) in [5, 5.41) is 28.1. The molecule has 100 valence electrons. The summed E-state index contributed by atoms with van der Waals surface area (Å²) in [7, 11) is 0. The van der Waals surface area contributed by atoms with Crippen LogP contribution in [0.25, 0.3) is 0 Å². The largest absolute Gasteiger partial charge is 0.394 e. The molecule has 1 aromatic rings. The lowest BCUT2D eigenvalue weighted by atomic mass is 10.1. The fourth-order valence-electron chi connectivity index (χ4n) is 1.80. The van der Waals surface area contributed by atoms with Gasteiger partial charge in [-0.3, -0.25) is 9.36 Å². The van der Waals surface area contributed by atoms with Crippen molar-refractivity contribution < 1.29 is 29.2 Å². The first-order chi connectivity index (χ1) is 8.47. The molecule has 4 unspecified atom stereocenters. The quantitative estimate of drug-likeness (QED) is 0.485. The van der Waals surface area contributed by atoms with Crippen molar-refractivity contribution in [3.63, 3.8) is 0 Å². The van der Waals surface area contributed by atoms with Crippen molar-refractivity contribution in [1.82, 2.24) is 9.55 Å². The molecule has 0 spiro atoms. The Morgan fingerprint density at radius 2 is 2.22 bits per heavy atom. The Bertz CT molecular complexity index is 465. The van der Waals surface area contributed by atoms with E-state index in [1.165, 1.54) is 0 Å². The van der Waals surface area contributed by atoms with E-state index >= 15 is 0 Å². The van der Waals surface area contributed by atoms with Crippen molar-refractivity contribution in [3.8, 4) is 0 Å². The van der Waals surface area contributed by atoms with Gasteiger partial charge in [-0.2, -0.15) is 4.39 Å². The molecule has 18 heavy (non-hydrogen) atoms. The van der Waals surface area contributed by atoms with E-state index in [4.69, 9.17) is 15.6 Å². The van der Waals surface area contributed by atoms with Crippen LogP contribution in [0.1, 0.15) is 16.7 Å². The van der Waals surface area contributed by atoms with Crippen LogP contribution in [-0.4, -0.2) is 55.7 Å². The maximum absolute atomic E-state index is 13.7. The Labute approximate surface area is 100 Å². The van der Waals surface area contributed by atoms with E-state index in [9.17, 15) is 19.4 Å². The Morgan fingerprint density at radius 3 is 2.67 bits per heavy atom. The highest BCUT2D eigenvalue weighted by Gasteiger charge is 2.44. The summed E-state index contributed by atoms with van der Waals surface area (Å²) >= 11 is 0. The highest BCUT2D eigenvalue weighted by Crippen LogP contribution is 2.30. The Morgan fingerprint density at radius 1 is 1.56 bits per heavy atom. The lowest BCUT2D eigenvalue weighted by molar-refractivity contribution is -0.0572. The van der Waals surface area contributed by atoms with Crippen LogP contribution in [0.2, 0.25) is 0 Å². The molecule has 1 aromatic heterocycles. The van der Waals surface area contributed by atoms with Crippen LogP contribution in [0.3, 0.4) is 0 Å². The minimum atomic E-state index is -1.45. The zero-order valence-electron chi connectivity index (χ0n) is 9.10. The summed E-state index contributed by atoms with van der Waals surface area (Å²) in [6, 6.07) is 0. The number of rotatable bonds is 3. The standard InChI is InChI=1S/C9H12FN3O5/c10-7-4(8(11)17)12-2-13(7)9-6(16)5(15)3(1-14)18-9/h2-3,5-6,9,14-16H,1H2,(H2,11,17). The molecule has 9 heteroatoms. The zero-order chi connectivity index (χ0) is 13.4. The minimum absolute atomic E-state index is 0.534. The number of primary amides is 1. The van der Waals surface area contributed by atoms with E-state index < -0.39 is 48.7 Å². The lowest BCUT2D eigenvalue weighted by Crippen LogP contribution is -2.33. The van der Waals surface area contributed by atoms with Crippen molar-refractivity contribution in [1.29, 1.82) is 0 Å². The molecule has 1 aliphatic rings. The number of hydrogen-bond acceptors (Lipinski definition) is 6. The molecule has 1 aliphatic heterocycles. The average Bonchev–Trinajstić information content (AvgIpc) is 2.82. The number of aliphatic hydroxyl groups excluding tert-OH is 3. The van der Waals surface area contributed by atoms with Gasteiger partial charge in [-0.05, 0) is 0 Å². The van der Waals surface area contributed by atoms with E-state index in [1.807, 2.05) is 0 Å². The van der Waals surface area contributed by atoms with Crippen LogP contribution in [0.4, 0.5) is 4.39 Å². The van der Waals surface area contributed by atoms with Crippen LogP contribution in [0.5, 0.6) is 0 Å². The number of aromatic nitrogens is 2. The predicted molar refractivity (Wildman–Crippen MR) is 53.7 cm³/mol. The third-order valence-corrected chi connectivity index (χ3v) is 2.76. The molecule has 5 N–H and O–H groups in total. The molecule has 8 nitrogen and oxygen atoms in total. The summed E-state index contributed by atoms with van der Waals surface area (Å²) in [5.41, 5.74) is 4.30. The van der Waals surface area contributed by atoms with Crippen molar-refractivity contribution in [3.05, 3.63) is 18.0 Å². The highest BCUT2D eigenvalue weighted by atomic mass is 19.1. The van der Waals surface area contributed by atoms with Gasteiger partial charge in [-0.1, -0.05) is 0 Å². The molecule has 1 amide bonds. The normalized spacial score (nSPS) is 31.8. The van der Waals surface area contributed by atoms with E-state index in [-0.39, 0.29) is 0 Å². The van der Waals surface area contributed by atoms with Gasteiger partial charge in [-0.15, -0.1) is 0 Å². The van der Waals surface area contributed by atoms with E-state index in [0.29, 0.717) is 0 Å². The van der Waals surface area contributed by atoms with Crippen molar-refractivity contribution in [2.75, 3.05) is 6.61 Å².